The van der Waals surface area contributed by atoms with Crippen LogP contribution in [0.2, 0.25) is 0 Å². The number of carbonyl (C=O) groups excluding carboxylic acids is 6. The van der Waals surface area contributed by atoms with E-state index >= 15 is 0 Å². The van der Waals surface area contributed by atoms with E-state index in [9.17, 15) is 28.8 Å². The van der Waals surface area contributed by atoms with Gasteiger partial charge in [-0.25, -0.2) is 4.79 Å². The second-order valence-corrected chi connectivity index (χ2v) is 13.7. The summed E-state index contributed by atoms with van der Waals surface area (Å²) in [7, 11) is 0. The molecule has 0 spiro atoms. The predicted octanol–water partition coefficient (Wildman–Crippen LogP) is 2.37. The fraction of sp³-hybridized carbons (Fsp3) is 0.677. The monoisotopic (exact) mass is 589 g/mol. The van der Waals surface area contributed by atoms with Crippen LogP contribution in [0, 0.1) is 28.6 Å². The number of rotatable bonds is 12. The topological polar surface area (TPSA) is 154 Å². The number of amides is 5. The molecule has 0 aromatic rings. The number of Topliss-reactive ketones (excluding diaryl/α,β-unsaturated/α-hetero) is 2. The first kappa shape index (κ1) is 36.5. The third kappa shape index (κ3) is 9.52. The van der Waals surface area contributed by atoms with Gasteiger partial charge < -0.3 is 26.2 Å². The molecule has 1 aliphatic rings. The Balaban J connectivity index is 3.27. The van der Waals surface area contributed by atoms with Crippen molar-refractivity contribution >= 4 is 35.3 Å². The molecule has 42 heavy (non-hydrogen) atoms. The fourth-order valence-electron chi connectivity index (χ4n) is 4.94. The smallest absolute Gasteiger partial charge is 0.316 e. The molecule has 236 valence electrons. The van der Waals surface area contributed by atoms with Crippen molar-refractivity contribution in [1.29, 1.82) is 0 Å². The SMILES string of the molecule is C=CCNC(=O)C(=O)CNC(=O)[C@@H]1[C@@H](C(C)C)C(=C)CN1C(=O)[C@@H](NC(=O)N[C@H](C(=O)C(C)(C)C)C(C)C)C(C)(C)C. The van der Waals surface area contributed by atoms with Crippen molar-refractivity contribution in [2.24, 2.45) is 28.6 Å². The third-order valence-corrected chi connectivity index (χ3v) is 7.24. The first-order valence-electron chi connectivity index (χ1n) is 14.4. The molecule has 0 aromatic carbocycles. The van der Waals surface area contributed by atoms with Crippen molar-refractivity contribution in [3.8, 4) is 0 Å². The summed E-state index contributed by atoms with van der Waals surface area (Å²) < 4.78 is 0. The molecule has 1 heterocycles. The molecule has 1 rings (SSSR count). The van der Waals surface area contributed by atoms with E-state index in [1.54, 1.807) is 41.5 Å². The molecule has 0 saturated carbocycles. The first-order valence-corrected chi connectivity index (χ1v) is 14.4. The summed E-state index contributed by atoms with van der Waals surface area (Å²) in [5.41, 5.74) is -0.786. The van der Waals surface area contributed by atoms with Crippen molar-refractivity contribution in [2.45, 2.75) is 87.4 Å². The van der Waals surface area contributed by atoms with Crippen LogP contribution in [-0.4, -0.2) is 78.0 Å². The number of likely N-dealkylation sites (tertiary alicyclic amines) is 1. The second-order valence-electron chi connectivity index (χ2n) is 13.7. The molecule has 4 N–H and O–H groups in total. The highest BCUT2D eigenvalue weighted by atomic mass is 16.2. The van der Waals surface area contributed by atoms with Crippen LogP contribution >= 0.6 is 0 Å². The number of hydrogen-bond donors (Lipinski definition) is 4. The van der Waals surface area contributed by atoms with E-state index in [2.05, 4.69) is 34.4 Å². The van der Waals surface area contributed by atoms with E-state index in [1.807, 2.05) is 27.7 Å². The predicted molar refractivity (Wildman–Crippen MR) is 162 cm³/mol. The highest BCUT2D eigenvalue weighted by Gasteiger charge is 2.49. The van der Waals surface area contributed by atoms with E-state index in [0.29, 0.717) is 5.57 Å². The fourth-order valence-corrected chi connectivity index (χ4v) is 4.94. The lowest BCUT2D eigenvalue weighted by atomic mass is 9.82. The summed E-state index contributed by atoms with van der Waals surface area (Å²) in [5.74, 6) is -3.59. The molecule has 1 fully saturated rings. The number of urea groups is 1. The van der Waals surface area contributed by atoms with Crippen molar-refractivity contribution < 1.29 is 28.8 Å². The van der Waals surface area contributed by atoms with Gasteiger partial charge in [0.1, 0.15) is 12.1 Å². The minimum atomic E-state index is -1.06. The first-order chi connectivity index (χ1) is 19.1. The number of nitrogens with one attached hydrogen (secondary N) is 4. The van der Waals surface area contributed by atoms with Crippen LogP contribution in [0.5, 0.6) is 0 Å². The molecule has 11 heteroatoms. The lowest BCUT2D eigenvalue weighted by Gasteiger charge is -2.37. The number of carbonyl (C=O) groups is 6. The zero-order chi connectivity index (χ0) is 32.7. The quantitative estimate of drug-likeness (QED) is 0.202. The van der Waals surface area contributed by atoms with E-state index in [4.69, 9.17) is 0 Å². The molecule has 4 atom stereocenters. The van der Waals surface area contributed by atoms with Crippen molar-refractivity contribution in [3.05, 3.63) is 24.8 Å². The third-order valence-electron chi connectivity index (χ3n) is 7.24. The molecule has 0 aromatic heterocycles. The summed E-state index contributed by atoms with van der Waals surface area (Å²) >= 11 is 0. The van der Waals surface area contributed by atoms with Gasteiger partial charge in [0.15, 0.2) is 5.78 Å². The molecule has 0 aliphatic carbocycles. The lowest BCUT2D eigenvalue weighted by molar-refractivity contribution is -0.143. The molecule has 11 nitrogen and oxygen atoms in total. The Morgan fingerprint density at radius 3 is 1.98 bits per heavy atom. The molecule has 1 saturated heterocycles. The van der Waals surface area contributed by atoms with Gasteiger partial charge in [0.25, 0.3) is 5.91 Å². The number of nitrogens with zero attached hydrogens (tertiary/aromatic N) is 1. The molecular weight excluding hydrogens is 538 g/mol. The van der Waals surface area contributed by atoms with Gasteiger partial charge in [-0.15, -0.1) is 6.58 Å². The summed E-state index contributed by atoms with van der Waals surface area (Å²) in [6, 6.07) is -3.50. The van der Waals surface area contributed by atoms with Crippen LogP contribution in [-0.2, 0) is 24.0 Å². The molecule has 5 amide bonds. The summed E-state index contributed by atoms with van der Waals surface area (Å²) in [6.45, 7) is 25.4. The van der Waals surface area contributed by atoms with Crippen molar-refractivity contribution in [2.75, 3.05) is 19.6 Å². The Morgan fingerprint density at radius 1 is 0.952 bits per heavy atom. The molecule has 0 radical (unpaired) electrons. The van der Waals surface area contributed by atoms with Gasteiger partial charge in [-0.3, -0.25) is 24.0 Å². The van der Waals surface area contributed by atoms with Gasteiger partial charge in [0, 0.05) is 24.4 Å². The molecule has 0 unspecified atom stereocenters. The zero-order valence-electron chi connectivity index (χ0n) is 27.0. The van der Waals surface area contributed by atoms with Crippen LogP contribution < -0.4 is 21.3 Å². The normalized spacial score (nSPS) is 18.8. The lowest BCUT2D eigenvalue weighted by Crippen LogP contribution is -2.61. The van der Waals surface area contributed by atoms with Crippen LogP contribution in [0.15, 0.2) is 24.8 Å². The van der Waals surface area contributed by atoms with Gasteiger partial charge in [-0.05, 0) is 17.3 Å². The number of ketones is 2. The van der Waals surface area contributed by atoms with E-state index in [0.717, 1.165) is 0 Å². The second kappa shape index (κ2) is 14.6. The van der Waals surface area contributed by atoms with Gasteiger partial charge >= 0.3 is 6.03 Å². The largest absolute Gasteiger partial charge is 0.347 e. The maximum absolute atomic E-state index is 14.1. The van der Waals surface area contributed by atoms with Gasteiger partial charge in [-0.1, -0.05) is 87.5 Å². The van der Waals surface area contributed by atoms with Crippen LogP contribution in [0.1, 0.15) is 69.2 Å². The average molecular weight is 590 g/mol. The van der Waals surface area contributed by atoms with E-state index in [1.165, 1.54) is 11.0 Å². The van der Waals surface area contributed by atoms with Gasteiger partial charge in [0.05, 0.1) is 12.6 Å². The standard InChI is InChI=1S/C31H51N5O6/c1-13-14-32-26(39)20(37)15-33-27(40)23-21(17(2)3)19(6)16-36(23)28(41)24(30(7,8)9)35-29(42)34-22(18(4)5)25(38)31(10,11)12/h13,17-18,21-24H,1,6,14-16H2,2-5,7-12H3,(H,32,39)(H,33,40)(H2,34,35,42)/t21-,22-,23-,24+/m0/s1. The van der Waals surface area contributed by atoms with Crippen molar-refractivity contribution in [1.82, 2.24) is 26.2 Å². The Labute approximate surface area is 250 Å². The maximum Gasteiger partial charge on any atom is 0.316 e. The van der Waals surface area contributed by atoms with Crippen molar-refractivity contribution in [3.63, 3.8) is 0 Å². The van der Waals surface area contributed by atoms with E-state index in [-0.39, 0.29) is 30.7 Å². The molecule has 1 aliphatic heterocycles. The Bertz CT molecular complexity index is 1080. The highest BCUT2D eigenvalue weighted by molar-refractivity contribution is 6.37. The Hall–Kier alpha value is -3.50. The van der Waals surface area contributed by atoms with Crippen LogP contribution in [0.3, 0.4) is 0 Å². The zero-order valence-corrected chi connectivity index (χ0v) is 27.0. The van der Waals surface area contributed by atoms with Gasteiger partial charge in [-0.2, -0.15) is 0 Å². The Kier molecular flexibility index (Phi) is 12.7. The minimum Gasteiger partial charge on any atom is -0.347 e. The average Bonchev–Trinajstić information content (AvgIpc) is 3.22. The van der Waals surface area contributed by atoms with Crippen LogP contribution in [0.25, 0.3) is 0 Å². The Morgan fingerprint density at radius 2 is 1.52 bits per heavy atom. The maximum atomic E-state index is 14.1. The van der Waals surface area contributed by atoms with Gasteiger partial charge in [0.2, 0.25) is 17.6 Å². The number of hydrogen-bond acceptors (Lipinski definition) is 6. The van der Waals surface area contributed by atoms with E-state index < -0.39 is 71.0 Å². The summed E-state index contributed by atoms with van der Waals surface area (Å²) in [6.07, 6.45) is 1.43. The minimum absolute atomic E-state index is 0.0720. The molecular formula is C31H51N5O6. The highest BCUT2D eigenvalue weighted by Crippen LogP contribution is 2.36. The summed E-state index contributed by atoms with van der Waals surface area (Å²) in [4.78, 5) is 79.3. The molecule has 0 bridgehead atoms. The summed E-state index contributed by atoms with van der Waals surface area (Å²) in [5, 5.41) is 10.4. The van der Waals surface area contributed by atoms with Crippen LogP contribution in [0.4, 0.5) is 4.79 Å².